The number of carbonyl (C=O) groups is 1. The summed E-state index contributed by atoms with van der Waals surface area (Å²) in [6.45, 7) is 2.08. The van der Waals surface area contributed by atoms with Crippen LogP contribution in [0.2, 0.25) is 0 Å². The summed E-state index contributed by atoms with van der Waals surface area (Å²) in [5.74, 6) is 0.162. The van der Waals surface area contributed by atoms with Gasteiger partial charge in [0, 0.05) is 15.6 Å². The van der Waals surface area contributed by atoms with Gasteiger partial charge in [0.05, 0.1) is 0 Å². The Balaban J connectivity index is 2.05. The largest absolute Gasteiger partial charge is 0.326 e. The third-order valence-electron chi connectivity index (χ3n) is 3.59. The predicted molar refractivity (Wildman–Crippen MR) is 74.0 cm³/mol. The van der Waals surface area contributed by atoms with Gasteiger partial charge < -0.3 is 5.32 Å². The fourth-order valence-corrected chi connectivity index (χ4v) is 2.81. The van der Waals surface area contributed by atoms with Gasteiger partial charge in [0.1, 0.15) is 0 Å². The number of hydrogen-bond donors (Lipinski definition) is 1. The van der Waals surface area contributed by atoms with Gasteiger partial charge in [-0.3, -0.25) is 4.79 Å². The molecular formula is C14H18BrNO. The van der Waals surface area contributed by atoms with Gasteiger partial charge in [-0.15, -0.1) is 0 Å². The van der Waals surface area contributed by atoms with Crippen LogP contribution in [0.4, 0.5) is 5.69 Å². The summed E-state index contributed by atoms with van der Waals surface area (Å²) in [6, 6.07) is 7.75. The molecule has 1 saturated carbocycles. The second kappa shape index (κ2) is 5.21. The lowest BCUT2D eigenvalue weighted by atomic mass is 9.75. The van der Waals surface area contributed by atoms with Crippen LogP contribution in [0.3, 0.4) is 0 Å². The van der Waals surface area contributed by atoms with Crippen LogP contribution in [0.15, 0.2) is 28.7 Å². The highest BCUT2D eigenvalue weighted by molar-refractivity contribution is 9.10. The van der Waals surface area contributed by atoms with E-state index >= 15 is 0 Å². The summed E-state index contributed by atoms with van der Waals surface area (Å²) >= 11 is 3.41. The van der Waals surface area contributed by atoms with Crippen molar-refractivity contribution in [3.05, 3.63) is 28.7 Å². The molecule has 0 aliphatic heterocycles. The molecule has 0 aromatic heterocycles. The second-order valence-electron chi connectivity index (χ2n) is 5.09. The van der Waals surface area contributed by atoms with E-state index in [-0.39, 0.29) is 11.3 Å². The first-order valence-corrected chi connectivity index (χ1v) is 6.96. The molecule has 17 heavy (non-hydrogen) atoms. The van der Waals surface area contributed by atoms with E-state index in [9.17, 15) is 4.79 Å². The zero-order valence-electron chi connectivity index (χ0n) is 10.1. The molecule has 1 fully saturated rings. The Bertz CT molecular complexity index is 410. The molecule has 0 radical (unpaired) electrons. The van der Waals surface area contributed by atoms with Crippen LogP contribution in [0, 0.1) is 5.41 Å². The van der Waals surface area contributed by atoms with Gasteiger partial charge in [0.2, 0.25) is 5.91 Å². The van der Waals surface area contributed by atoms with E-state index in [2.05, 4.69) is 28.2 Å². The molecule has 2 rings (SSSR count). The van der Waals surface area contributed by atoms with E-state index in [0.29, 0.717) is 0 Å². The number of anilines is 1. The smallest absolute Gasteiger partial charge is 0.230 e. The van der Waals surface area contributed by atoms with Gasteiger partial charge in [-0.05, 0) is 31.0 Å². The summed E-state index contributed by atoms with van der Waals surface area (Å²) in [5, 5.41) is 3.02. The topological polar surface area (TPSA) is 29.1 Å². The highest BCUT2D eigenvalue weighted by Gasteiger charge is 2.34. The third kappa shape index (κ3) is 3.09. The quantitative estimate of drug-likeness (QED) is 0.863. The first-order chi connectivity index (χ1) is 8.10. The van der Waals surface area contributed by atoms with Crippen LogP contribution in [-0.2, 0) is 4.79 Å². The summed E-state index contributed by atoms with van der Waals surface area (Å²) in [5.41, 5.74) is 0.691. The van der Waals surface area contributed by atoms with Crippen molar-refractivity contribution in [2.75, 3.05) is 5.32 Å². The van der Waals surface area contributed by atoms with Crippen molar-refractivity contribution in [3.63, 3.8) is 0 Å². The van der Waals surface area contributed by atoms with E-state index in [1.807, 2.05) is 24.3 Å². The molecule has 1 aliphatic carbocycles. The zero-order chi connectivity index (χ0) is 12.3. The molecule has 1 N–H and O–H groups in total. The molecule has 2 nitrogen and oxygen atoms in total. The van der Waals surface area contributed by atoms with Crippen molar-refractivity contribution in [1.29, 1.82) is 0 Å². The molecule has 3 heteroatoms. The molecule has 0 heterocycles. The SMILES string of the molecule is CC1(C(=O)Nc2cccc(Br)c2)CCCCC1. The van der Waals surface area contributed by atoms with Gasteiger partial charge in [-0.25, -0.2) is 0 Å². The van der Waals surface area contributed by atoms with Gasteiger partial charge in [0.25, 0.3) is 0 Å². The Morgan fingerprint density at radius 3 is 2.65 bits per heavy atom. The first kappa shape index (κ1) is 12.6. The molecule has 1 aromatic carbocycles. The van der Waals surface area contributed by atoms with Crippen molar-refractivity contribution >= 4 is 27.5 Å². The molecule has 0 atom stereocenters. The molecule has 1 aromatic rings. The number of benzene rings is 1. The minimum Gasteiger partial charge on any atom is -0.326 e. The zero-order valence-corrected chi connectivity index (χ0v) is 11.7. The van der Waals surface area contributed by atoms with Crippen molar-refractivity contribution in [3.8, 4) is 0 Å². The van der Waals surface area contributed by atoms with Crippen LogP contribution in [0.5, 0.6) is 0 Å². The lowest BCUT2D eigenvalue weighted by molar-refractivity contribution is -0.126. The maximum atomic E-state index is 12.3. The Labute approximate surface area is 111 Å². The molecule has 1 aliphatic rings. The normalized spacial score (nSPS) is 18.7. The monoisotopic (exact) mass is 295 g/mol. The average Bonchev–Trinajstić information content (AvgIpc) is 2.30. The predicted octanol–water partition coefficient (Wildman–Crippen LogP) is 4.36. The van der Waals surface area contributed by atoms with Crippen LogP contribution in [0.1, 0.15) is 39.0 Å². The summed E-state index contributed by atoms with van der Waals surface area (Å²) in [7, 11) is 0. The van der Waals surface area contributed by atoms with Gasteiger partial charge in [0.15, 0.2) is 0 Å². The molecule has 0 spiro atoms. The number of rotatable bonds is 2. The van der Waals surface area contributed by atoms with E-state index < -0.39 is 0 Å². The number of amides is 1. The molecule has 92 valence electrons. The lowest BCUT2D eigenvalue weighted by Gasteiger charge is -2.32. The average molecular weight is 296 g/mol. The Morgan fingerprint density at radius 1 is 1.29 bits per heavy atom. The number of nitrogens with one attached hydrogen (secondary N) is 1. The summed E-state index contributed by atoms with van der Waals surface area (Å²) < 4.78 is 0.990. The minimum absolute atomic E-state index is 0.162. The Hall–Kier alpha value is -0.830. The summed E-state index contributed by atoms with van der Waals surface area (Å²) in [4.78, 5) is 12.3. The number of hydrogen-bond acceptors (Lipinski definition) is 1. The minimum atomic E-state index is -0.180. The van der Waals surface area contributed by atoms with Gasteiger partial charge in [-0.2, -0.15) is 0 Å². The standard InChI is InChI=1S/C14H18BrNO/c1-14(8-3-2-4-9-14)13(17)16-12-7-5-6-11(15)10-12/h5-7,10H,2-4,8-9H2,1H3,(H,16,17). The van der Waals surface area contributed by atoms with E-state index in [1.54, 1.807) is 0 Å². The maximum Gasteiger partial charge on any atom is 0.230 e. The number of halogens is 1. The van der Waals surface area contributed by atoms with Crippen LogP contribution >= 0.6 is 15.9 Å². The van der Waals surface area contributed by atoms with Crippen molar-refractivity contribution in [1.82, 2.24) is 0 Å². The van der Waals surface area contributed by atoms with Crippen LogP contribution in [0.25, 0.3) is 0 Å². The Morgan fingerprint density at radius 2 is 2.00 bits per heavy atom. The van der Waals surface area contributed by atoms with E-state index in [1.165, 1.54) is 19.3 Å². The van der Waals surface area contributed by atoms with Gasteiger partial charge in [-0.1, -0.05) is 48.2 Å². The summed E-state index contributed by atoms with van der Waals surface area (Å²) in [6.07, 6.45) is 5.62. The molecule has 0 unspecified atom stereocenters. The lowest BCUT2D eigenvalue weighted by Crippen LogP contribution is -2.35. The fourth-order valence-electron chi connectivity index (χ4n) is 2.41. The van der Waals surface area contributed by atoms with Crippen LogP contribution in [-0.4, -0.2) is 5.91 Å². The van der Waals surface area contributed by atoms with Crippen molar-refractivity contribution in [2.45, 2.75) is 39.0 Å². The van der Waals surface area contributed by atoms with E-state index in [4.69, 9.17) is 0 Å². The highest BCUT2D eigenvalue weighted by Crippen LogP contribution is 2.36. The fraction of sp³-hybridized carbons (Fsp3) is 0.500. The molecule has 0 saturated heterocycles. The van der Waals surface area contributed by atoms with Crippen molar-refractivity contribution < 1.29 is 4.79 Å². The highest BCUT2D eigenvalue weighted by atomic mass is 79.9. The van der Waals surface area contributed by atoms with Crippen molar-refractivity contribution in [2.24, 2.45) is 5.41 Å². The Kier molecular flexibility index (Phi) is 3.87. The van der Waals surface area contributed by atoms with E-state index in [0.717, 1.165) is 23.0 Å². The first-order valence-electron chi connectivity index (χ1n) is 6.17. The molecular weight excluding hydrogens is 278 g/mol. The van der Waals surface area contributed by atoms with Crippen LogP contribution < -0.4 is 5.32 Å². The molecule has 0 bridgehead atoms. The van der Waals surface area contributed by atoms with Gasteiger partial charge >= 0.3 is 0 Å². The second-order valence-corrected chi connectivity index (χ2v) is 6.00. The maximum absolute atomic E-state index is 12.3. The third-order valence-corrected chi connectivity index (χ3v) is 4.08. The molecule has 1 amide bonds. The number of carbonyl (C=O) groups excluding carboxylic acids is 1.